The van der Waals surface area contributed by atoms with E-state index in [9.17, 15) is 4.79 Å². The second-order valence-electron chi connectivity index (χ2n) is 9.75. The first-order valence-corrected chi connectivity index (χ1v) is 12.1. The summed E-state index contributed by atoms with van der Waals surface area (Å²) in [4.78, 5) is 21.0. The number of aromatic amines is 1. The summed E-state index contributed by atoms with van der Waals surface area (Å²) in [5, 5.41) is 2.24. The SMILES string of the molecule is CCN(CC1CCN(C(C)(C)c2cc3ccccc3o2)CC1)C(=O)c1cc2ccccc2[nH]1. The predicted molar refractivity (Wildman–Crippen MR) is 133 cm³/mol. The summed E-state index contributed by atoms with van der Waals surface area (Å²) in [7, 11) is 0. The first-order valence-electron chi connectivity index (χ1n) is 12.1. The van der Waals surface area contributed by atoms with Gasteiger partial charge in [-0.2, -0.15) is 0 Å². The summed E-state index contributed by atoms with van der Waals surface area (Å²) in [6, 6.07) is 20.4. The van der Waals surface area contributed by atoms with E-state index in [4.69, 9.17) is 4.42 Å². The molecule has 1 aliphatic heterocycles. The van der Waals surface area contributed by atoms with Gasteiger partial charge in [-0.25, -0.2) is 0 Å². The van der Waals surface area contributed by atoms with Crippen LogP contribution < -0.4 is 0 Å². The largest absolute Gasteiger partial charge is 0.459 e. The van der Waals surface area contributed by atoms with Crippen LogP contribution in [-0.2, 0) is 5.54 Å². The van der Waals surface area contributed by atoms with Crippen LogP contribution >= 0.6 is 0 Å². The number of hydrogen-bond acceptors (Lipinski definition) is 3. The molecule has 5 nitrogen and oxygen atoms in total. The van der Waals surface area contributed by atoms with E-state index in [1.165, 1.54) is 0 Å². The van der Waals surface area contributed by atoms with Gasteiger partial charge in [-0.15, -0.1) is 0 Å². The molecule has 1 N–H and O–H groups in total. The third-order valence-corrected chi connectivity index (χ3v) is 7.34. The number of hydrogen-bond donors (Lipinski definition) is 1. The summed E-state index contributed by atoms with van der Waals surface area (Å²) in [5.41, 5.74) is 2.48. The van der Waals surface area contributed by atoms with Crippen LogP contribution in [0.15, 0.2) is 65.1 Å². The van der Waals surface area contributed by atoms with E-state index < -0.39 is 0 Å². The number of nitrogens with one attached hydrogen (secondary N) is 1. The molecule has 5 heteroatoms. The van der Waals surface area contributed by atoms with Gasteiger partial charge in [-0.1, -0.05) is 36.4 Å². The normalized spacial score (nSPS) is 16.0. The molecule has 0 radical (unpaired) electrons. The van der Waals surface area contributed by atoms with E-state index in [0.29, 0.717) is 11.6 Å². The molecule has 0 atom stereocenters. The van der Waals surface area contributed by atoms with Gasteiger partial charge in [-0.05, 0) is 76.9 Å². The monoisotopic (exact) mass is 443 g/mol. The van der Waals surface area contributed by atoms with Crippen LogP contribution in [-0.4, -0.2) is 46.9 Å². The van der Waals surface area contributed by atoms with Crippen molar-refractivity contribution < 1.29 is 9.21 Å². The third kappa shape index (κ3) is 4.18. The van der Waals surface area contributed by atoms with Crippen LogP contribution in [0.5, 0.6) is 0 Å². The van der Waals surface area contributed by atoms with Gasteiger partial charge in [0.2, 0.25) is 0 Å². The molecule has 1 saturated heterocycles. The van der Waals surface area contributed by atoms with Gasteiger partial charge in [0, 0.05) is 29.4 Å². The van der Waals surface area contributed by atoms with Crippen molar-refractivity contribution in [3.8, 4) is 0 Å². The standard InChI is InChI=1S/C28H33N3O2/c1-4-30(27(32)24-17-21-9-5-7-11-23(21)29-24)19-20-13-15-31(16-14-20)28(2,3)26-18-22-10-6-8-12-25(22)33-26/h5-12,17-18,20,29H,4,13-16,19H2,1-3H3. The Balaban J connectivity index is 1.23. The first kappa shape index (κ1) is 21.8. The molecule has 1 fully saturated rings. The Hall–Kier alpha value is -3.05. The number of aromatic nitrogens is 1. The smallest absolute Gasteiger partial charge is 0.270 e. The number of rotatable bonds is 6. The number of benzene rings is 2. The summed E-state index contributed by atoms with van der Waals surface area (Å²) >= 11 is 0. The van der Waals surface area contributed by atoms with Crippen LogP contribution in [0.25, 0.3) is 21.9 Å². The average molecular weight is 444 g/mol. The fraction of sp³-hybridized carbons (Fsp3) is 0.393. The van der Waals surface area contributed by atoms with Crippen molar-refractivity contribution in [1.29, 1.82) is 0 Å². The predicted octanol–water partition coefficient (Wildman–Crippen LogP) is 6.02. The number of carbonyl (C=O) groups excluding carboxylic acids is 1. The number of carbonyl (C=O) groups is 1. The Morgan fingerprint density at radius 3 is 2.45 bits per heavy atom. The van der Waals surface area contributed by atoms with Gasteiger partial charge in [-0.3, -0.25) is 9.69 Å². The molecule has 33 heavy (non-hydrogen) atoms. The third-order valence-electron chi connectivity index (χ3n) is 7.34. The van der Waals surface area contributed by atoms with Gasteiger partial charge < -0.3 is 14.3 Å². The number of furan rings is 1. The second-order valence-corrected chi connectivity index (χ2v) is 9.75. The average Bonchev–Trinajstić information content (AvgIpc) is 3.47. The zero-order valence-electron chi connectivity index (χ0n) is 19.8. The fourth-order valence-corrected chi connectivity index (χ4v) is 5.14. The highest BCUT2D eigenvalue weighted by Crippen LogP contribution is 2.35. The highest BCUT2D eigenvalue weighted by molar-refractivity contribution is 5.98. The minimum atomic E-state index is -0.158. The first-order chi connectivity index (χ1) is 16.0. The highest BCUT2D eigenvalue weighted by Gasteiger charge is 2.35. The molecule has 3 heterocycles. The molecule has 2 aromatic heterocycles. The minimum absolute atomic E-state index is 0.0961. The number of para-hydroxylation sites is 2. The van der Waals surface area contributed by atoms with Crippen LogP contribution in [0.4, 0.5) is 0 Å². The Morgan fingerprint density at radius 1 is 1.06 bits per heavy atom. The van der Waals surface area contributed by atoms with Crippen molar-refractivity contribution in [1.82, 2.24) is 14.8 Å². The molecule has 1 amide bonds. The molecule has 5 rings (SSSR count). The van der Waals surface area contributed by atoms with Gasteiger partial charge in [0.1, 0.15) is 17.0 Å². The molecule has 4 aromatic rings. The summed E-state index contributed by atoms with van der Waals surface area (Å²) in [5.74, 6) is 1.63. The molecule has 172 valence electrons. The number of nitrogens with zero attached hydrogens (tertiary/aromatic N) is 2. The van der Waals surface area contributed by atoms with Crippen molar-refractivity contribution in [2.45, 2.75) is 39.2 Å². The van der Waals surface area contributed by atoms with E-state index in [1.807, 2.05) is 47.4 Å². The lowest BCUT2D eigenvalue weighted by Crippen LogP contribution is -2.48. The molecule has 1 aliphatic rings. The Kier molecular flexibility index (Phi) is 5.75. The maximum atomic E-state index is 13.2. The van der Waals surface area contributed by atoms with E-state index in [1.54, 1.807) is 0 Å². The fourth-order valence-electron chi connectivity index (χ4n) is 5.14. The topological polar surface area (TPSA) is 52.5 Å². The summed E-state index contributed by atoms with van der Waals surface area (Å²) in [6.45, 7) is 10.1. The molecule has 0 unspecified atom stereocenters. The quantitative estimate of drug-likeness (QED) is 0.396. The maximum absolute atomic E-state index is 13.2. The Bertz CT molecular complexity index is 1190. The molecule has 0 bridgehead atoms. The van der Waals surface area contributed by atoms with Crippen molar-refractivity contribution in [3.63, 3.8) is 0 Å². The van der Waals surface area contributed by atoms with Crippen LogP contribution in [0, 0.1) is 5.92 Å². The lowest BCUT2D eigenvalue weighted by atomic mass is 9.90. The van der Waals surface area contributed by atoms with Gasteiger partial charge in [0.15, 0.2) is 0 Å². The van der Waals surface area contributed by atoms with E-state index >= 15 is 0 Å². The number of fused-ring (bicyclic) bond motifs is 2. The molecule has 0 aliphatic carbocycles. The summed E-state index contributed by atoms with van der Waals surface area (Å²) in [6.07, 6.45) is 2.17. The van der Waals surface area contributed by atoms with Crippen LogP contribution in [0.3, 0.4) is 0 Å². The Morgan fingerprint density at radius 2 is 1.76 bits per heavy atom. The molecule has 0 saturated carbocycles. The number of likely N-dealkylation sites (tertiary alicyclic amines) is 1. The summed E-state index contributed by atoms with van der Waals surface area (Å²) < 4.78 is 6.20. The highest BCUT2D eigenvalue weighted by atomic mass is 16.3. The van der Waals surface area contributed by atoms with Crippen LogP contribution in [0.1, 0.15) is 49.9 Å². The van der Waals surface area contributed by atoms with Gasteiger partial charge >= 0.3 is 0 Å². The lowest BCUT2D eigenvalue weighted by Gasteiger charge is -2.42. The van der Waals surface area contributed by atoms with E-state index in [0.717, 1.165) is 66.7 Å². The van der Waals surface area contributed by atoms with E-state index in [-0.39, 0.29) is 11.4 Å². The van der Waals surface area contributed by atoms with Gasteiger partial charge in [0.05, 0.1) is 5.54 Å². The number of piperidine rings is 1. The van der Waals surface area contributed by atoms with Crippen molar-refractivity contribution in [3.05, 3.63) is 72.1 Å². The van der Waals surface area contributed by atoms with Crippen molar-refractivity contribution >= 4 is 27.8 Å². The molecule has 0 spiro atoms. The number of H-pyrrole nitrogens is 1. The Labute approximate surface area is 195 Å². The van der Waals surface area contributed by atoms with Gasteiger partial charge in [0.25, 0.3) is 5.91 Å². The minimum Gasteiger partial charge on any atom is -0.459 e. The van der Waals surface area contributed by atoms with Crippen LogP contribution in [0.2, 0.25) is 0 Å². The molecular weight excluding hydrogens is 410 g/mol. The molecular formula is C28H33N3O2. The number of amides is 1. The van der Waals surface area contributed by atoms with Crippen molar-refractivity contribution in [2.75, 3.05) is 26.2 Å². The van der Waals surface area contributed by atoms with Crippen molar-refractivity contribution in [2.24, 2.45) is 5.92 Å². The van der Waals surface area contributed by atoms with E-state index in [2.05, 4.69) is 48.9 Å². The zero-order valence-corrected chi connectivity index (χ0v) is 19.8. The maximum Gasteiger partial charge on any atom is 0.270 e. The lowest BCUT2D eigenvalue weighted by molar-refractivity contribution is 0.0454. The zero-order chi connectivity index (χ0) is 23.0. The second kappa shape index (κ2) is 8.71. The molecule has 2 aromatic carbocycles.